The Labute approximate surface area is 88.6 Å². The Bertz CT molecular complexity index is 211. The number of hydrogen-bond acceptors (Lipinski definition) is 1. The molecule has 0 heterocycles. The molecule has 1 unspecified atom stereocenters. The van der Waals surface area contributed by atoms with Crippen LogP contribution in [0.4, 0.5) is 0 Å². The fourth-order valence-corrected chi connectivity index (χ4v) is 1.07. The van der Waals surface area contributed by atoms with Crippen LogP contribution in [0.3, 0.4) is 0 Å². The van der Waals surface area contributed by atoms with E-state index in [9.17, 15) is 0 Å². The second-order valence-corrected chi connectivity index (χ2v) is 3.14. The van der Waals surface area contributed by atoms with Gasteiger partial charge >= 0.3 is 0 Å². The van der Waals surface area contributed by atoms with Gasteiger partial charge in [0.1, 0.15) is 0 Å². The maximum atomic E-state index is 3.44. The van der Waals surface area contributed by atoms with Crippen LogP contribution in [0.15, 0.2) is 36.1 Å². The third kappa shape index (κ3) is 5.63. The van der Waals surface area contributed by atoms with Crippen molar-refractivity contribution in [3.63, 3.8) is 0 Å². The van der Waals surface area contributed by atoms with Crippen molar-refractivity contribution >= 4 is 0 Å². The Morgan fingerprint density at radius 2 is 2.07 bits per heavy atom. The Morgan fingerprint density at radius 1 is 1.36 bits per heavy atom. The van der Waals surface area contributed by atoms with Gasteiger partial charge in [0.25, 0.3) is 0 Å². The van der Waals surface area contributed by atoms with Gasteiger partial charge in [0.15, 0.2) is 0 Å². The van der Waals surface area contributed by atoms with E-state index < -0.39 is 0 Å². The first-order valence-corrected chi connectivity index (χ1v) is 5.63. The highest BCUT2D eigenvalue weighted by molar-refractivity contribution is 5.25. The summed E-state index contributed by atoms with van der Waals surface area (Å²) in [5.74, 6) is 0. The molecule has 0 saturated heterocycles. The van der Waals surface area contributed by atoms with Crippen LogP contribution < -0.4 is 5.32 Å². The second-order valence-electron chi connectivity index (χ2n) is 3.14. The van der Waals surface area contributed by atoms with Crippen molar-refractivity contribution in [1.29, 1.82) is 0 Å². The Hall–Kier alpha value is -0.980. The largest absolute Gasteiger partial charge is 0.383 e. The molecule has 0 saturated carbocycles. The first kappa shape index (κ1) is 13.0. The molecule has 1 heteroatoms. The number of allylic oxidation sites excluding steroid dienone is 5. The molecular formula is C13H23N. The highest BCUT2D eigenvalue weighted by atomic mass is 14.9. The number of nitrogens with one attached hydrogen (secondary N) is 1. The van der Waals surface area contributed by atoms with Crippen molar-refractivity contribution < 1.29 is 0 Å². The molecule has 14 heavy (non-hydrogen) atoms. The summed E-state index contributed by atoms with van der Waals surface area (Å²) in [5.41, 5.74) is 1.24. The van der Waals surface area contributed by atoms with E-state index in [0.29, 0.717) is 6.04 Å². The fourth-order valence-electron chi connectivity index (χ4n) is 1.07. The zero-order chi connectivity index (χ0) is 10.8. The summed E-state index contributed by atoms with van der Waals surface area (Å²) in [6.45, 7) is 8.39. The Balaban J connectivity index is 0.000000791. The lowest BCUT2D eigenvalue weighted by Gasteiger charge is -2.13. The van der Waals surface area contributed by atoms with E-state index >= 15 is 0 Å². The summed E-state index contributed by atoms with van der Waals surface area (Å²) >= 11 is 0. The van der Waals surface area contributed by atoms with Crippen LogP contribution in [0, 0.1) is 0 Å². The third-order valence-electron chi connectivity index (χ3n) is 2.02. The minimum Gasteiger partial charge on any atom is -0.383 e. The van der Waals surface area contributed by atoms with Crippen LogP contribution in [0.25, 0.3) is 0 Å². The molecule has 1 N–H and O–H groups in total. The monoisotopic (exact) mass is 193 g/mol. The van der Waals surface area contributed by atoms with Gasteiger partial charge in [-0.05, 0) is 25.8 Å². The molecule has 0 aliphatic heterocycles. The van der Waals surface area contributed by atoms with E-state index in [1.165, 1.54) is 12.1 Å². The topological polar surface area (TPSA) is 12.0 Å². The van der Waals surface area contributed by atoms with Crippen LogP contribution >= 0.6 is 0 Å². The van der Waals surface area contributed by atoms with E-state index in [4.69, 9.17) is 0 Å². The van der Waals surface area contributed by atoms with Gasteiger partial charge in [-0.25, -0.2) is 0 Å². The van der Waals surface area contributed by atoms with Gasteiger partial charge in [-0.1, -0.05) is 45.1 Å². The summed E-state index contributed by atoms with van der Waals surface area (Å²) in [6.07, 6.45) is 12.9. The highest BCUT2D eigenvalue weighted by Gasteiger charge is 1.98. The first-order valence-electron chi connectivity index (χ1n) is 5.63. The minimum atomic E-state index is 0.569. The predicted octanol–water partition coefficient (Wildman–Crippen LogP) is 3.80. The van der Waals surface area contributed by atoms with Gasteiger partial charge < -0.3 is 5.32 Å². The zero-order valence-electron chi connectivity index (χ0n) is 9.88. The van der Waals surface area contributed by atoms with Crippen molar-refractivity contribution in [2.75, 3.05) is 0 Å². The first-order chi connectivity index (χ1) is 6.83. The summed E-state index contributed by atoms with van der Waals surface area (Å²) in [5, 5.41) is 3.44. The molecule has 1 atom stereocenters. The minimum absolute atomic E-state index is 0.569. The van der Waals surface area contributed by atoms with Gasteiger partial charge in [0.05, 0.1) is 0 Å². The van der Waals surface area contributed by atoms with Crippen LogP contribution in [-0.2, 0) is 0 Å². The molecular weight excluding hydrogens is 170 g/mol. The van der Waals surface area contributed by atoms with Crippen molar-refractivity contribution in [3.8, 4) is 0 Å². The van der Waals surface area contributed by atoms with E-state index in [-0.39, 0.29) is 0 Å². The molecule has 0 amide bonds. The SMILES string of the molecule is CC.CCC(C)NC1=CCC=CC=C1. The maximum Gasteiger partial charge on any atom is 0.0304 e. The van der Waals surface area contributed by atoms with Gasteiger partial charge in [0, 0.05) is 11.7 Å². The molecule has 1 rings (SSSR count). The Morgan fingerprint density at radius 3 is 2.71 bits per heavy atom. The molecule has 0 fully saturated rings. The molecule has 1 aliphatic carbocycles. The number of hydrogen-bond donors (Lipinski definition) is 1. The lowest BCUT2D eigenvalue weighted by molar-refractivity contribution is 0.603. The van der Waals surface area contributed by atoms with E-state index in [0.717, 1.165) is 6.42 Å². The molecule has 1 nitrogen and oxygen atoms in total. The van der Waals surface area contributed by atoms with Gasteiger partial charge in [0.2, 0.25) is 0 Å². The fraction of sp³-hybridized carbons (Fsp3) is 0.538. The van der Waals surface area contributed by atoms with Crippen LogP contribution in [0.2, 0.25) is 0 Å². The molecule has 0 aromatic rings. The van der Waals surface area contributed by atoms with E-state index in [2.05, 4.69) is 49.5 Å². The van der Waals surface area contributed by atoms with Crippen molar-refractivity contribution in [2.45, 2.75) is 46.6 Å². The normalized spacial score (nSPS) is 16.1. The second kappa shape index (κ2) is 8.61. The molecule has 0 radical (unpaired) electrons. The number of rotatable bonds is 3. The van der Waals surface area contributed by atoms with Crippen molar-refractivity contribution in [2.24, 2.45) is 0 Å². The van der Waals surface area contributed by atoms with Crippen LogP contribution in [-0.4, -0.2) is 6.04 Å². The standard InChI is InChI=1S/C11H17N.C2H6/c1-3-10(2)12-11-8-6-4-5-7-9-11;1-2/h4-6,8-10,12H,3,7H2,1-2H3;1-2H3. The van der Waals surface area contributed by atoms with E-state index in [1.54, 1.807) is 0 Å². The predicted molar refractivity (Wildman–Crippen MR) is 65.2 cm³/mol. The lowest BCUT2D eigenvalue weighted by Crippen LogP contribution is -2.23. The zero-order valence-corrected chi connectivity index (χ0v) is 9.88. The van der Waals surface area contributed by atoms with Crippen molar-refractivity contribution in [1.82, 2.24) is 5.32 Å². The summed E-state index contributed by atoms with van der Waals surface area (Å²) in [4.78, 5) is 0. The molecule has 80 valence electrons. The molecule has 0 aromatic heterocycles. The average molecular weight is 193 g/mol. The average Bonchev–Trinajstić information content (AvgIpc) is 2.49. The Kier molecular flexibility index (Phi) is 8.01. The maximum absolute atomic E-state index is 3.44. The molecule has 0 spiro atoms. The van der Waals surface area contributed by atoms with Crippen LogP contribution in [0.1, 0.15) is 40.5 Å². The summed E-state index contributed by atoms with van der Waals surface area (Å²) in [6, 6.07) is 0.569. The van der Waals surface area contributed by atoms with Gasteiger partial charge in [-0.2, -0.15) is 0 Å². The lowest BCUT2D eigenvalue weighted by atomic mass is 10.2. The van der Waals surface area contributed by atoms with Gasteiger partial charge in [-0.3, -0.25) is 0 Å². The highest BCUT2D eigenvalue weighted by Crippen LogP contribution is 2.03. The van der Waals surface area contributed by atoms with Gasteiger partial charge in [-0.15, -0.1) is 0 Å². The summed E-state index contributed by atoms with van der Waals surface area (Å²) < 4.78 is 0. The molecule has 0 bridgehead atoms. The van der Waals surface area contributed by atoms with Crippen LogP contribution in [0.5, 0.6) is 0 Å². The van der Waals surface area contributed by atoms with E-state index in [1.807, 2.05) is 13.8 Å². The third-order valence-corrected chi connectivity index (χ3v) is 2.02. The molecule has 1 aliphatic rings. The smallest absolute Gasteiger partial charge is 0.0304 e. The molecule has 0 aromatic carbocycles. The summed E-state index contributed by atoms with van der Waals surface area (Å²) in [7, 11) is 0. The quantitative estimate of drug-likeness (QED) is 0.719. The van der Waals surface area contributed by atoms with Crippen molar-refractivity contribution in [3.05, 3.63) is 36.1 Å².